The summed E-state index contributed by atoms with van der Waals surface area (Å²) in [5, 5.41) is 12.2. The molecule has 1 rings (SSSR count). The minimum atomic E-state index is -4.67. The average Bonchev–Trinajstić information content (AvgIpc) is 2.19. The van der Waals surface area contributed by atoms with Gasteiger partial charge in [-0.1, -0.05) is 12.1 Å². The molecule has 0 saturated carbocycles. The van der Waals surface area contributed by atoms with Crippen molar-refractivity contribution >= 4 is 10.4 Å². The van der Waals surface area contributed by atoms with E-state index in [-0.39, 0.29) is 0 Å². The van der Waals surface area contributed by atoms with Gasteiger partial charge in [0.25, 0.3) is 0 Å². The van der Waals surface area contributed by atoms with Crippen molar-refractivity contribution in [1.82, 2.24) is 5.32 Å². The van der Waals surface area contributed by atoms with Crippen LogP contribution in [-0.4, -0.2) is 35.7 Å². The Morgan fingerprint density at radius 1 is 1.24 bits per heavy atom. The molecule has 0 saturated heterocycles. The van der Waals surface area contributed by atoms with Crippen molar-refractivity contribution in [2.75, 3.05) is 7.05 Å². The van der Waals surface area contributed by atoms with Gasteiger partial charge in [0.15, 0.2) is 0 Å². The predicted molar refractivity (Wildman–Crippen MR) is 64.5 cm³/mol. The minimum Gasteiger partial charge on any atom is -0.508 e. The van der Waals surface area contributed by atoms with Crippen LogP contribution in [0.25, 0.3) is 0 Å². The van der Waals surface area contributed by atoms with Crippen molar-refractivity contribution in [3.05, 3.63) is 29.8 Å². The maximum atomic E-state index is 9.03. The molecular formula is C10H17NO5S. The standard InChI is InChI=1S/C10H15NO.H2O4S/c1-8(11-2)7-9-3-5-10(12)6-4-9;1-5(2,3)4/h3-6,8,11-12H,7H2,1-2H3;(H2,1,2,3,4). The van der Waals surface area contributed by atoms with Crippen molar-refractivity contribution in [1.29, 1.82) is 0 Å². The molecule has 17 heavy (non-hydrogen) atoms. The Morgan fingerprint density at radius 2 is 1.65 bits per heavy atom. The summed E-state index contributed by atoms with van der Waals surface area (Å²) in [6.07, 6.45) is 0.997. The SMILES string of the molecule is CNC(C)Cc1ccc(O)cc1.O=S(=O)(O)O. The molecule has 1 aromatic carbocycles. The maximum Gasteiger partial charge on any atom is 0.394 e. The van der Waals surface area contributed by atoms with Crippen LogP contribution in [0.4, 0.5) is 0 Å². The largest absolute Gasteiger partial charge is 0.508 e. The summed E-state index contributed by atoms with van der Waals surface area (Å²) in [5.74, 6) is 0.330. The van der Waals surface area contributed by atoms with Crippen LogP contribution in [0.2, 0.25) is 0 Å². The Bertz CT molecular complexity index is 407. The van der Waals surface area contributed by atoms with E-state index in [9.17, 15) is 0 Å². The lowest BCUT2D eigenvalue weighted by atomic mass is 10.1. The smallest absolute Gasteiger partial charge is 0.394 e. The van der Waals surface area contributed by atoms with Gasteiger partial charge in [-0.3, -0.25) is 9.11 Å². The van der Waals surface area contributed by atoms with Gasteiger partial charge in [-0.2, -0.15) is 8.42 Å². The lowest BCUT2D eigenvalue weighted by Gasteiger charge is -2.09. The Kier molecular flexibility index (Phi) is 6.74. The molecule has 6 nitrogen and oxygen atoms in total. The number of hydrogen-bond acceptors (Lipinski definition) is 4. The highest BCUT2D eigenvalue weighted by Gasteiger charge is 1.99. The Hall–Kier alpha value is -1.15. The third kappa shape index (κ3) is 11.1. The fraction of sp³-hybridized carbons (Fsp3) is 0.400. The van der Waals surface area contributed by atoms with Gasteiger partial charge in [-0.15, -0.1) is 0 Å². The van der Waals surface area contributed by atoms with Gasteiger partial charge in [0.05, 0.1) is 0 Å². The molecule has 98 valence electrons. The lowest BCUT2D eigenvalue weighted by Crippen LogP contribution is -2.23. The predicted octanol–water partition coefficient (Wildman–Crippen LogP) is 0.890. The van der Waals surface area contributed by atoms with Crippen LogP contribution >= 0.6 is 0 Å². The number of benzene rings is 1. The van der Waals surface area contributed by atoms with Crippen molar-refractivity contribution in [2.45, 2.75) is 19.4 Å². The summed E-state index contributed by atoms with van der Waals surface area (Å²) in [6.45, 7) is 2.13. The molecule has 1 atom stereocenters. The van der Waals surface area contributed by atoms with E-state index in [0.29, 0.717) is 11.8 Å². The van der Waals surface area contributed by atoms with Crippen LogP contribution < -0.4 is 5.32 Å². The molecule has 1 unspecified atom stereocenters. The second kappa shape index (κ2) is 7.23. The monoisotopic (exact) mass is 263 g/mol. The number of nitrogens with one attached hydrogen (secondary N) is 1. The zero-order valence-corrected chi connectivity index (χ0v) is 10.5. The Labute approximate surface area is 101 Å². The van der Waals surface area contributed by atoms with Gasteiger partial charge in [0, 0.05) is 6.04 Å². The van der Waals surface area contributed by atoms with E-state index >= 15 is 0 Å². The van der Waals surface area contributed by atoms with Crippen LogP contribution in [0.3, 0.4) is 0 Å². The normalized spacial score (nSPS) is 12.5. The first-order valence-electron chi connectivity index (χ1n) is 4.87. The molecular weight excluding hydrogens is 246 g/mol. The summed E-state index contributed by atoms with van der Waals surface area (Å²) in [7, 11) is -2.72. The maximum absolute atomic E-state index is 9.03. The highest BCUT2D eigenvalue weighted by molar-refractivity contribution is 7.79. The molecule has 0 aliphatic heterocycles. The zero-order valence-electron chi connectivity index (χ0n) is 9.66. The summed E-state index contributed by atoms with van der Waals surface area (Å²) in [6, 6.07) is 7.82. The highest BCUT2D eigenvalue weighted by Crippen LogP contribution is 2.10. The second-order valence-corrected chi connectivity index (χ2v) is 4.40. The van der Waals surface area contributed by atoms with E-state index < -0.39 is 10.4 Å². The van der Waals surface area contributed by atoms with Crippen LogP contribution in [0.5, 0.6) is 5.75 Å². The van der Waals surface area contributed by atoms with Crippen LogP contribution in [-0.2, 0) is 16.8 Å². The van der Waals surface area contributed by atoms with Gasteiger partial charge >= 0.3 is 10.4 Å². The van der Waals surface area contributed by atoms with Crippen LogP contribution in [0.1, 0.15) is 12.5 Å². The van der Waals surface area contributed by atoms with Gasteiger partial charge in [0.1, 0.15) is 5.75 Å². The third-order valence-electron chi connectivity index (χ3n) is 1.97. The molecule has 0 aliphatic rings. The Morgan fingerprint density at radius 3 is 2.00 bits per heavy atom. The van der Waals surface area contributed by atoms with Crippen LogP contribution in [0, 0.1) is 0 Å². The molecule has 0 fully saturated rings. The minimum absolute atomic E-state index is 0.330. The number of phenols is 1. The van der Waals surface area contributed by atoms with Gasteiger partial charge in [-0.25, -0.2) is 0 Å². The summed E-state index contributed by atoms with van der Waals surface area (Å²) in [5.41, 5.74) is 1.25. The van der Waals surface area contributed by atoms with Crippen molar-refractivity contribution in [3.63, 3.8) is 0 Å². The van der Waals surface area contributed by atoms with E-state index in [0.717, 1.165) is 6.42 Å². The van der Waals surface area contributed by atoms with Gasteiger partial charge < -0.3 is 10.4 Å². The fourth-order valence-corrected chi connectivity index (χ4v) is 1.09. The van der Waals surface area contributed by atoms with Crippen molar-refractivity contribution in [3.8, 4) is 5.75 Å². The summed E-state index contributed by atoms with van der Waals surface area (Å²) >= 11 is 0. The van der Waals surface area contributed by atoms with Gasteiger partial charge in [-0.05, 0) is 38.1 Å². The van der Waals surface area contributed by atoms with E-state index in [2.05, 4.69) is 12.2 Å². The number of hydrogen-bond donors (Lipinski definition) is 4. The zero-order chi connectivity index (χ0) is 13.5. The van der Waals surface area contributed by atoms with Crippen molar-refractivity contribution in [2.24, 2.45) is 0 Å². The van der Waals surface area contributed by atoms with Crippen molar-refractivity contribution < 1.29 is 22.6 Å². The molecule has 0 bridgehead atoms. The van der Waals surface area contributed by atoms with Crippen LogP contribution in [0.15, 0.2) is 24.3 Å². The van der Waals surface area contributed by atoms with E-state index in [1.807, 2.05) is 19.2 Å². The average molecular weight is 263 g/mol. The fourth-order valence-electron chi connectivity index (χ4n) is 1.09. The van der Waals surface area contributed by atoms with E-state index in [1.54, 1.807) is 12.1 Å². The molecule has 0 aliphatic carbocycles. The second-order valence-electron chi connectivity index (χ2n) is 3.51. The Balaban J connectivity index is 0.000000437. The quantitative estimate of drug-likeness (QED) is 0.603. The third-order valence-corrected chi connectivity index (χ3v) is 1.97. The van der Waals surface area contributed by atoms with Gasteiger partial charge in [0.2, 0.25) is 0 Å². The molecule has 0 heterocycles. The molecule has 0 spiro atoms. The number of aromatic hydroxyl groups is 1. The molecule has 1 aromatic rings. The lowest BCUT2D eigenvalue weighted by molar-refractivity contribution is 0.381. The number of phenolic OH excluding ortho intramolecular Hbond substituents is 1. The molecule has 0 radical (unpaired) electrons. The molecule has 0 amide bonds. The number of rotatable bonds is 3. The summed E-state index contributed by atoms with van der Waals surface area (Å²) in [4.78, 5) is 0. The first kappa shape index (κ1) is 15.9. The number of likely N-dealkylation sites (N-methyl/N-ethyl adjacent to an activating group) is 1. The molecule has 4 N–H and O–H groups in total. The molecule has 0 aromatic heterocycles. The van der Waals surface area contributed by atoms with E-state index in [4.69, 9.17) is 22.6 Å². The highest BCUT2D eigenvalue weighted by atomic mass is 32.3. The van der Waals surface area contributed by atoms with E-state index in [1.165, 1.54) is 5.56 Å². The first-order valence-corrected chi connectivity index (χ1v) is 6.27. The topological polar surface area (TPSA) is 107 Å². The summed E-state index contributed by atoms with van der Waals surface area (Å²) < 4.78 is 31.6. The first-order chi connectivity index (χ1) is 7.72. The molecule has 7 heteroatoms.